The maximum atomic E-state index is 14.1. The van der Waals surface area contributed by atoms with Crippen LogP contribution < -0.4 is 55.3 Å². The van der Waals surface area contributed by atoms with Crippen LogP contribution in [0.1, 0.15) is 56.8 Å². The molecule has 2 atom stereocenters. The smallest absolute Gasteiger partial charge is 0.261 e. The number of rotatable bonds is 16. The Bertz CT molecular complexity index is 2950. The number of hydrogen-bond acceptors (Lipinski definition) is 12. The molecule has 360 valence electrons. The van der Waals surface area contributed by atoms with Gasteiger partial charge in [-0.3, -0.25) is 38.7 Å². The molecule has 0 fully saturated rings. The van der Waals surface area contributed by atoms with E-state index in [4.69, 9.17) is 23.9 Å². The van der Waals surface area contributed by atoms with Crippen LogP contribution in [0.25, 0.3) is 0 Å². The minimum Gasteiger partial charge on any atom is -0.493 e. The van der Waals surface area contributed by atoms with Crippen molar-refractivity contribution >= 4 is 70.1 Å². The fraction of sp³-hybridized carbons (Fsp3) is 0.288. The highest BCUT2D eigenvalue weighted by molar-refractivity contribution is 6.15. The zero-order chi connectivity index (χ0) is 49.1. The molecule has 18 heteroatoms. The molecule has 0 radical (unpaired) electrons. The lowest BCUT2D eigenvalue weighted by Crippen LogP contribution is -2.44. The van der Waals surface area contributed by atoms with Crippen molar-refractivity contribution in [2.24, 2.45) is 10.9 Å². The maximum absolute atomic E-state index is 14.1. The lowest BCUT2D eigenvalue weighted by atomic mass is 10.1. The van der Waals surface area contributed by atoms with Gasteiger partial charge in [-0.15, -0.1) is 0 Å². The van der Waals surface area contributed by atoms with Crippen LogP contribution >= 0.6 is 0 Å². The van der Waals surface area contributed by atoms with Crippen LogP contribution in [0.2, 0.25) is 0 Å². The van der Waals surface area contributed by atoms with E-state index in [1.165, 1.54) is 14.2 Å². The molecule has 70 heavy (non-hydrogen) atoms. The highest BCUT2D eigenvalue weighted by Crippen LogP contribution is 2.43. The first-order valence-electron chi connectivity index (χ1n) is 22.9. The second-order valence-electron chi connectivity index (χ2n) is 17.6. The van der Waals surface area contributed by atoms with Gasteiger partial charge >= 0.3 is 0 Å². The molecule has 0 saturated carbocycles. The summed E-state index contributed by atoms with van der Waals surface area (Å²) in [6.45, 7) is 2.79. The van der Waals surface area contributed by atoms with Gasteiger partial charge in [0.15, 0.2) is 23.0 Å². The monoisotopic (exact) mass is 948 g/mol. The van der Waals surface area contributed by atoms with Crippen molar-refractivity contribution in [1.29, 1.82) is 0 Å². The summed E-state index contributed by atoms with van der Waals surface area (Å²) < 4.78 is 24.3. The number of benzene rings is 5. The molecule has 5 aromatic rings. The number of methoxy groups -OCH3 is 2. The number of carbonyl (C=O) groups is 6. The second-order valence-corrected chi connectivity index (χ2v) is 17.6. The van der Waals surface area contributed by atoms with E-state index in [2.05, 4.69) is 26.6 Å². The molecule has 0 bridgehead atoms. The molecule has 6 amide bonds. The quantitative estimate of drug-likeness (QED) is 0.0878. The second kappa shape index (κ2) is 20.0. The lowest BCUT2D eigenvalue weighted by molar-refractivity contribution is -0.129. The Balaban J connectivity index is 0.925. The van der Waals surface area contributed by atoms with E-state index in [1.807, 2.05) is 59.5 Å². The number of amides is 6. The minimum absolute atomic E-state index is 0.00419. The summed E-state index contributed by atoms with van der Waals surface area (Å²) in [4.78, 5) is 86.2. The first kappa shape index (κ1) is 46.7. The highest BCUT2D eigenvalue weighted by atomic mass is 16.5. The zero-order valence-electron chi connectivity index (χ0n) is 39.1. The standard InChI is InChI=1S/C52H52N8O10/c1-29(2)50(64)57-25-48(62)55-24-47(61)56-26-49(63)58-34-14-30(27-69-45-20-39-37(18-43(45)67-3)51(65)59-35(22-53-39)16-32-9-5-7-11-41(32)59)13-31(15-34)28-70-46-21-40-38(19-44(46)68-4)52(66)60-36(23-54-40)17-33-10-6-8-12-42(33)60/h5-15,18-22,29,35-36,54H,16-17,23-28H2,1-4H3,(H,55,62)(H,56,61)(H,57,64)(H,58,63)/t35-,36-/m0/s1. The molecule has 9 rings (SSSR count). The third-order valence-corrected chi connectivity index (χ3v) is 12.4. The molecule has 4 aliphatic rings. The number of para-hydroxylation sites is 2. The van der Waals surface area contributed by atoms with Gasteiger partial charge in [-0.25, -0.2) is 0 Å². The summed E-state index contributed by atoms with van der Waals surface area (Å²) in [6.07, 6.45) is 3.16. The van der Waals surface area contributed by atoms with E-state index in [0.717, 1.165) is 28.9 Å². The molecule has 0 aromatic heterocycles. The third kappa shape index (κ3) is 9.78. The first-order chi connectivity index (χ1) is 33.9. The summed E-state index contributed by atoms with van der Waals surface area (Å²) in [5, 5.41) is 13.7. The predicted octanol–water partition coefficient (Wildman–Crippen LogP) is 5.09. The van der Waals surface area contributed by atoms with E-state index in [0.29, 0.717) is 75.3 Å². The largest absolute Gasteiger partial charge is 0.493 e. The molecule has 18 nitrogen and oxygen atoms in total. The van der Waals surface area contributed by atoms with Gasteiger partial charge in [0, 0.05) is 54.3 Å². The van der Waals surface area contributed by atoms with E-state index >= 15 is 0 Å². The van der Waals surface area contributed by atoms with E-state index < -0.39 is 30.8 Å². The summed E-state index contributed by atoms with van der Waals surface area (Å²) >= 11 is 0. The fourth-order valence-electron chi connectivity index (χ4n) is 8.98. The molecule has 0 unspecified atom stereocenters. The molecule has 4 heterocycles. The predicted molar refractivity (Wildman–Crippen MR) is 262 cm³/mol. The number of hydrogen-bond donors (Lipinski definition) is 5. The summed E-state index contributed by atoms with van der Waals surface area (Å²) in [5.74, 6) is -1.30. The van der Waals surface area contributed by atoms with Crippen LogP contribution in [-0.4, -0.2) is 94.1 Å². The van der Waals surface area contributed by atoms with Gasteiger partial charge in [-0.2, -0.15) is 0 Å². The Morgan fingerprint density at radius 1 is 0.671 bits per heavy atom. The number of nitrogens with one attached hydrogen (secondary N) is 5. The molecular weight excluding hydrogens is 897 g/mol. The fourth-order valence-corrected chi connectivity index (χ4v) is 8.98. The Hall–Kier alpha value is -8.41. The Morgan fingerprint density at radius 3 is 1.90 bits per heavy atom. The lowest BCUT2D eigenvalue weighted by Gasteiger charge is -2.22. The highest BCUT2D eigenvalue weighted by Gasteiger charge is 2.39. The van der Waals surface area contributed by atoms with Crippen LogP contribution in [0.15, 0.2) is 96.0 Å². The van der Waals surface area contributed by atoms with Crippen LogP contribution in [0.4, 0.5) is 28.4 Å². The van der Waals surface area contributed by atoms with Gasteiger partial charge in [0.25, 0.3) is 11.8 Å². The number of nitrogens with zero attached hydrogens (tertiary/aromatic N) is 3. The molecule has 5 aromatic carbocycles. The Kier molecular flexibility index (Phi) is 13.4. The first-order valence-corrected chi connectivity index (χ1v) is 22.9. The van der Waals surface area contributed by atoms with Gasteiger partial charge in [-0.1, -0.05) is 50.2 Å². The average molecular weight is 949 g/mol. The molecule has 5 N–H and O–H groups in total. The maximum Gasteiger partial charge on any atom is 0.261 e. The van der Waals surface area contributed by atoms with Crippen molar-refractivity contribution in [2.45, 2.75) is 52.0 Å². The van der Waals surface area contributed by atoms with Crippen molar-refractivity contribution < 1.29 is 47.7 Å². The van der Waals surface area contributed by atoms with Gasteiger partial charge in [0.05, 0.1) is 68.4 Å². The Labute approximate surface area is 403 Å². The van der Waals surface area contributed by atoms with Crippen molar-refractivity contribution in [3.05, 3.63) is 124 Å². The molecule has 0 spiro atoms. The average Bonchev–Trinajstić information content (AvgIpc) is 3.86. The van der Waals surface area contributed by atoms with Gasteiger partial charge in [0.1, 0.15) is 13.2 Å². The molecular formula is C52H52N8O10. The number of carbonyl (C=O) groups excluding carboxylic acids is 6. The summed E-state index contributed by atoms with van der Waals surface area (Å²) in [6, 6.07) is 27.4. The Morgan fingerprint density at radius 2 is 1.24 bits per heavy atom. The van der Waals surface area contributed by atoms with E-state index in [1.54, 1.807) is 61.4 Å². The van der Waals surface area contributed by atoms with Crippen molar-refractivity contribution in [2.75, 3.05) is 60.8 Å². The van der Waals surface area contributed by atoms with Crippen molar-refractivity contribution in [3.63, 3.8) is 0 Å². The number of ether oxygens (including phenoxy) is 4. The van der Waals surface area contributed by atoms with Gasteiger partial charge in [0.2, 0.25) is 23.6 Å². The number of aliphatic imine (C=N–C) groups is 1. The van der Waals surface area contributed by atoms with E-state index in [-0.39, 0.29) is 55.5 Å². The zero-order valence-corrected chi connectivity index (χ0v) is 39.1. The number of anilines is 4. The van der Waals surface area contributed by atoms with Crippen LogP contribution in [0.3, 0.4) is 0 Å². The summed E-state index contributed by atoms with van der Waals surface area (Å²) in [5.41, 5.74) is 7.38. The normalized spacial score (nSPS) is 16.0. The molecule has 0 aliphatic carbocycles. The van der Waals surface area contributed by atoms with Crippen molar-refractivity contribution in [3.8, 4) is 23.0 Å². The minimum atomic E-state index is -0.614. The van der Waals surface area contributed by atoms with Crippen LogP contribution in [-0.2, 0) is 45.2 Å². The summed E-state index contributed by atoms with van der Waals surface area (Å²) in [7, 11) is 2.99. The van der Waals surface area contributed by atoms with E-state index in [9.17, 15) is 28.8 Å². The number of fused-ring (bicyclic) bond motifs is 8. The van der Waals surface area contributed by atoms with Gasteiger partial charge < -0.3 is 50.4 Å². The van der Waals surface area contributed by atoms with Gasteiger partial charge in [-0.05, 0) is 71.1 Å². The third-order valence-electron chi connectivity index (χ3n) is 12.4. The topological polar surface area (TPSA) is 218 Å². The molecule has 0 saturated heterocycles. The van der Waals surface area contributed by atoms with Crippen LogP contribution in [0.5, 0.6) is 23.0 Å². The van der Waals surface area contributed by atoms with Crippen LogP contribution in [0, 0.1) is 5.92 Å². The molecule has 4 aliphatic heterocycles. The SMILES string of the molecule is COc1cc2c(cc1OCc1cc(COc3cc4c(cc3OC)C(=O)N3c5ccccc5C[C@H]3CN4)cc(NC(=O)CNC(=O)CNC(=O)CNC(=O)C(C)C)c1)N=C[C@@H]1Cc3ccccc3N1C2=O. The van der Waals surface area contributed by atoms with Crippen molar-refractivity contribution in [1.82, 2.24) is 16.0 Å².